The summed E-state index contributed by atoms with van der Waals surface area (Å²) < 4.78 is 32.8. The number of rotatable bonds is 44. The van der Waals surface area contributed by atoms with Gasteiger partial charge in [-0.2, -0.15) is 0 Å². The van der Waals surface area contributed by atoms with Crippen molar-refractivity contribution >= 4 is 19.8 Å². The third kappa shape index (κ3) is 48.0. The van der Waals surface area contributed by atoms with Crippen LogP contribution in [0.1, 0.15) is 181 Å². The Kier molecular flexibility index (Phi) is 45.6. The second-order valence-electron chi connectivity index (χ2n) is 15.6. The normalized spacial score (nSPS) is 14.2. The van der Waals surface area contributed by atoms with Crippen LogP contribution in [-0.4, -0.2) is 49.3 Å². The number of ether oxygens (including phenoxy) is 2. The molecule has 0 spiro atoms. The molecule has 358 valence electrons. The van der Waals surface area contributed by atoms with E-state index in [1.807, 2.05) is 0 Å². The summed E-state index contributed by atoms with van der Waals surface area (Å²) in [6, 6.07) is 0. The van der Waals surface area contributed by atoms with Crippen LogP contribution in [-0.2, 0) is 32.7 Å². The second kappa shape index (κ2) is 48.1. The van der Waals surface area contributed by atoms with Crippen LogP contribution in [0.2, 0.25) is 0 Å². The highest BCUT2D eigenvalue weighted by Crippen LogP contribution is 2.43. The number of nitrogens with two attached hydrogens (primary N) is 1. The molecule has 2 atom stereocenters. The van der Waals surface area contributed by atoms with E-state index in [2.05, 4.69) is 123 Å². The van der Waals surface area contributed by atoms with Gasteiger partial charge in [-0.1, -0.05) is 175 Å². The summed E-state index contributed by atoms with van der Waals surface area (Å²) >= 11 is 0. The van der Waals surface area contributed by atoms with Gasteiger partial charge in [-0.25, -0.2) is 4.57 Å². The number of phosphoric ester groups is 1. The molecule has 9 nitrogen and oxygen atoms in total. The number of hydrogen-bond donors (Lipinski definition) is 2. The third-order valence-corrected chi connectivity index (χ3v) is 10.6. The average molecular weight is 898 g/mol. The fraction of sp³-hybridized carbons (Fsp3) is 0.623. The molecule has 0 aliphatic carbocycles. The molecule has 0 amide bonds. The maximum absolute atomic E-state index is 12.6. The molecule has 0 aromatic heterocycles. The second-order valence-corrected chi connectivity index (χ2v) is 17.0. The third-order valence-electron chi connectivity index (χ3n) is 9.64. The molecule has 0 aliphatic heterocycles. The van der Waals surface area contributed by atoms with Gasteiger partial charge in [0, 0.05) is 19.4 Å². The van der Waals surface area contributed by atoms with Crippen molar-refractivity contribution in [3.05, 3.63) is 109 Å². The van der Waals surface area contributed by atoms with E-state index in [-0.39, 0.29) is 32.6 Å². The standard InChI is InChI=1S/C53H88NO8P/c1-3-5-7-9-11-13-15-17-19-21-23-25-27-29-31-33-35-37-39-41-43-45-52(55)59-49-51(50-61-63(57,58)60-48-47-54)62-53(56)46-44-42-40-38-36-34-32-30-28-26-24-22-20-18-16-14-12-10-8-6-4-2/h6,8,12,14-15,17-18,20-21,23-24,26-27,29-30,32,36,38,51H,3-5,7,9-11,13,16,19,22,25,28,31,33-35,37,39-50,54H2,1-2H3,(H,57,58)/b8-6-,14-12-,17-15-,20-18-,23-21-,26-24-,29-27-,32-30-,38-36-. The smallest absolute Gasteiger partial charge is 0.462 e. The fourth-order valence-electron chi connectivity index (χ4n) is 6.05. The Hall–Kier alpha value is -3.33. The molecule has 2 unspecified atom stereocenters. The summed E-state index contributed by atoms with van der Waals surface area (Å²) in [5.74, 6) is -0.903. The van der Waals surface area contributed by atoms with Gasteiger partial charge in [0.1, 0.15) is 6.61 Å². The minimum Gasteiger partial charge on any atom is -0.462 e. The monoisotopic (exact) mass is 898 g/mol. The summed E-state index contributed by atoms with van der Waals surface area (Å²) in [6.45, 7) is 3.53. The number of hydrogen-bond acceptors (Lipinski definition) is 8. The van der Waals surface area contributed by atoms with E-state index < -0.39 is 32.5 Å². The summed E-state index contributed by atoms with van der Waals surface area (Å²) in [6.07, 6.45) is 64.1. The van der Waals surface area contributed by atoms with Crippen LogP contribution in [0.4, 0.5) is 0 Å². The summed E-state index contributed by atoms with van der Waals surface area (Å²) in [5, 5.41) is 0. The van der Waals surface area contributed by atoms with Crippen LogP contribution < -0.4 is 5.73 Å². The molecular formula is C53H88NO8P. The maximum atomic E-state index is 12.6. The van der Waals surface area contributed by atoms with Crippen molar-refractivity contribution < 1.29 is 37.6 Å². The maximum Gasteiger partial charge on any atom is 0.472 e. The quantitative estimate of drug-likeness (QED) is 0.0265. The summed E-state index contributed by atoms with van der Waals surface area (Å²) in [4.78, 5) is 35.0. The van der Waals surface area contributed by atoms with Crippen molar-refractivity contribution in [1.82, 2.24) is 0 Å². The van der Waals surface area contributed by atoms with Gasteiger partial charge in [-0.3, -0.25) is 18.6 Å². The first-order chi connectivity index (χ1) is 30.8. The number of unbranched alkanes of at least 4 members (excludes halogenated alkanes) is 13. The Balaban J connectivity index is 4.23. The van der Waals surface area contributed by atoms with Crippen molar-refractivity contribution in [2.24, 2.45) is 5.73 Å². The molecule has 0 radical (unpaired) electrons. The number of carbonyl (C=O) groups excluding carboxylic acids is 2. The zero-order valence-electron chi connectivity index (χ0n) is 39.5. The zero-order chi connectivity index (χ0) is 46.0. The van der Waals surface area contributed by atoms with E-state index >= 15 is 0 Å². The lowest BCUT2D eigenvalue weighted by Gasteiger charge is -2.19. The number of allylic oxidation sites excluding steroid dienone is 18. The van der Waals surface area contributed by atoms with E-state index in [4.69, 9.17) is 24.3 Å². The molecule has 0 aromatic rings. The predicted molar refractivity (Wildman–Crippen MR) is 265 cm³/mol. The van der Waals surface area contributed by atoms with Gasteiger partial charge >= 0.3 is 19.8 Å². The van der Waals surface area contributed by atoms with Gasteiger partial charge in [0.25, 0.3) is 0 Å². The lowest BCUT2D eigenvalue weighted by Crippen LogP contribution is -2.29. The van der Waals surface area contributed by atoms with Gasteiger partial charge in [0.15, 0.2) is 6.10 Å². The Labute approximate surface area is 384 Å². The highest BCUT2D eigenvalue weighted by molar-refractivity contribution is 7.47. The largest absolute Gasteiger partial charge is 0.472 e. The average Bonchev–Trinajstić information content (AvgIpc) is 3.27. The van der Waals surface area contributed by atoms with Crippen molar-refractivity contribution in [3.63, 3.8) is 0 Å². The molecule has 0 bridgehead atoms. The molecule has 10 heteroatoms. The van der Waals surface area contributed by atoms with E-state index in [0.717, 1.165) is 103 Å². The van der Waals surface area contributed by atoms with Crippen LogP contribution >= 0.6 is 7.82 Å². The minimum atomic E-state index is -4.41. The topological polar surface area (TPSA) is 134 Å². The van der Waals surface area contributed by atoms with Crippen molar-refractivity contribution in [2.75, 3.05) is 26.4 Å². The van der Waals surface area contributed by atoms with Gasteiger partial charge in [-0.15, -0.1) is 0 Å². The molecule has 0 fully saturated rings. The van der Waals surface area contributed by atoms with E-state index in [1.54, 1.807) is 0 Å². The lowest BCUT2D eigenvalue weighted by molar-refractivity contribution is -0.161. The molecule has 0 saturated heterocycles. The first-order valence-electron chi connectivity index (χ1n) is 24.4. The van der Waals surface area contributed by atoms with E-state index in [1.165, 1.54) is 38.5 Å². The summed E-state index contributed by atoms with van der Waals surface area (Å²) in [5.41, 5.74) is 5.36. The first kappa shape index (κ1) is 59.7. The van der Waals surface area contributed by atoms with Crippen LogP contribution in [0.15, 0.2) is 109 Å². The Morgan fingerprint density at radius 1 is 0.492 bits per heavy atom. The zero-order valence-corrected chi connectivity index (χ0v) is 40.4. The number of esters is 2. The van der Waals surface area contributed by atoms with Gasteiger partial charge in [0.05, 0.1) is 13.2 Å². The van der Waals surface area contributed by atoms with E-state index in [9.17, 15) is 19.0 Å². The highest BCUT2D eigenvalue weighted by atomic mass is 31.2. The molecule has 0 rings (SSSR count). The van der Waals surface area contributed by atoms with Crippen LogP contribution in [0.25, 0.3) is 0 Å². The molecule has 0 heterocycles. The fourth-order valence-corrected chi connectivity index (χ4v) is 6.82. The number of carbonyl (C=O) groups is 2. The lowest BCUT2D eigenvalue weighted by atomic mass is 10.1. The molecular weight excluding hydrogens is 810 g/mol. The molecule has 0 saturated carbocycles. The molecule has 3 N–H and O–H groups in total. The van der Waals surface area contributed by atoms with Gasteiger partial charge in [0.2, 0.25) is 0 Å². The van der Waals surface area contributed by atoms with Crippen LogP contribution in [0.3, 0.4) is 0 Å². The Morgan fingerprint density at radius 3 is 1.33 bits per heavy atom. The Bertz CT molecular complexity index is 1390. The first-order valence-corrected chi connectivity index (χ1v) is 25.9. The van der Waals surface area contributed by atoms with Crippen LogP contribution in [0.5, 0.6) is 0 Å². The van der Waals surface area contributed by atoms with Gasteiger partial charge < -0.3 is 20.1 Å². The molecule has 63 heavy (non-hydrogen) atoms. The SMILES string of the molecule is CC/C=C\C/C=C\C/C=C\C/C=C\C/C=C\C/C=C\CCCCC(=O)OC(COC(=O)CCCCCCCC/C=C\C/C=C\C/C=C\CCCCCCC)COP(=O)(O)OCCN. The Morgan fingerprint density at radius 2 is 0.873 bits per heavy atom. The molecule has 0 aliphatic rings. The van der Waals surface area contributed by atoms with Crippen molar-refractivity contribution in [1.29, 1.82) is 0 Å². The van der Waals surface area contributed by atoms with Crippen molar-refractivity contribution in [3.8, 4) is 0 Å². The minimum absolute atomic E-state index is 0.0375. The van der Waals surface area contributed by atoms with E-state index in [0.29, 0.717) is 12.8 Å². The molecule has 0 aromatic carbocycles. The van der Waals surface area contributed by atoms with Crippen LogP contribution in [0, 0.1) is 0 Å². The highest BCUT2D eigenvalue weighted by Gasteiger charge is 2.26. The van der Waals surface area contributed by atoms with Crippen molar-refractivity contribution in [2.45, 2.75) is 187 Å². The summed E-state index contributed by atoms with van der Waals surface area (Å²) in [7, 11) is -4.41. The number of phosphoric acid groups is 1. The predicted octanol–water partition coefficient (Wildman–Crippen LogP) is 14.7. The van der Waals surface area contributed by atoms with Gasteiger partial charge in [-0.05, 0) is 103 Å².